The topological polar surface area (TPSA) is 90.2 Å². The van der Waals surface area contributed by atoms with Crippen LogP contribution >= 0.6 is 0 Å². The highest BCUT2D eigenvalue weighted by Crippen LogP contribution is 2.39. The first-order valence-electron chi connectivity index (χ1n) is 11.0. The van der Waals surface area contributed by atoms with Gasteiger partial charge in [-0.05, 0) is 78.0 Å². The van der Waals surface area contributed by atoms with Gasteiger partial charge >= 0.3 is 0 Å². The molecule has 1 aliphatic carbocycles. The van der Waals surface area contributed by atoms with Gasteiger partial charge in [0.15, 0.2) is 0 Å². The number of aliphatic hydroxyl groups excluding tert-OH is 4. The summed E-state index contributed by atoms with van der Waals surface area (Å²) < 4.78 is 5.88. The van der Waals surface area contributed by atoms with Crippen molar-refractivity contribution in [2.45, 2.75) is 76.5 Å². The van der Waals surface area contributed by atoms with E-state index in [2.05, 4.69) is 37.3 Å². The second-order valence-electron chi connectivity index (χ2n) is 8.66. The van der Waals surface area contributed by atoms with Crippen LogP contribution in [0.5, 0.6) is 0 Å². The normalized spacial score (nSPS) is 28.5. The molecule has 162 valence electrons. The molecule has 1 heterocycles. The van der Waals surface area contributed by atoms with Gasteiger partial charge in [0.05, 0.1) is 6.61 Å². The molecule has 1 saturated heterocycles. The van der Waals surface area contributed by atoms with E-state index in [1.54, 1.807) is 0 Å². The van der Waals surface area contributed by atoms with Crippen molar-refractivity contribution in [1.82, 2.24) is 0 Å². The quantitative estimate of drug-likeness (QED) is 0.604. The lowest BCUT2D eigenvalue weighted by atomic mass is 9.84. The average molecular weight is 413 g/mol. The highest BCUT2D eigenvalue weighted by Gasteiger charge is 2.44. The molecule has 2 aromatic rings. The van der Waals surface area contributed by atoms with E-state index in [1.165, 1.54) is 27.8 Å². The summed E-state index contributed by atoms with van der Waals surface area (Å²) in [5.41, 5.74) is 8.40. The minimum atomic E-state index is -1.36. The Balaban J connectivity index is 1.72. The van der Waals surface area contributed by atoms with E-state index in [1.807, 2.05) is 6.92 Å². The lowest BCUT2D eigenvalue weighted by Gasteiger charge is -2.41. The fraction of sp³-hybridized carbons (Fsp3) is 0.520. The smallest absolute Gasteiger partial charge is 0.113 e. The van der Waals surface area contributed by atoms with Crippen molar-refractivity contribution in [2.24, 2.45) is 0 Å². The fourth-order valence-corrected chi connectivity index (χ4v) is 4.99. The second kappa shape index (κ2) is 8.77. The van der Waals surface area contributed by atoms with E-state index in [0.717, 1.165) is 43.2 Å². The predicted octanol–water partition coefficient (Wildman–Crippen LogP) is 2.15. The van der Waals surface area contributed by atoms with E-state index in [-0.39, 0.29) is 0 Å². The molecule has 4 N–H and O–H groups in total. The van der Waals surface area contributed by atoms with Crippen LogP contribution in [0.2, 0.25) is 0 Å². The summed E-state index contributed by atoms with van der Waals surface area (Å²) in [6, 6.07) is 10.8. The van der Waals surface area contributed by atoms with Crippen LogP contribution in [-0.2, 0) is 30.4 Å². The molecule has 0 aromatic heterocycles. The van der Waals surface area contributed by atoms with Gasteiger partial charge in [0.2, 0.25) is 0 Å². The van der Waals surface area contributed by atoms with Gasteiger partial charge in [-0.25, -0.2) is 0 Å². The zero-order valence-electron chi connectivity index (χ0n) is 17.7. The molecule has 2 aromatic carbocycles. The van der Waals surface area contributed by atoms with Gasteiger partial charge in [-0.3, -0.25) is 0 Å². The molecule has 1 fully saturated rings. The van der Waals surface area contributed by atoms with Gasteiger partial charge in [0, 0.05) is 0 Å². The third kappa shape index (κ3) is 3.81. The Morgan fingerprint density at radius 3 is 2.27 bits per heavy atom. The molecule has 0 amide bonds. The molecule has 5 atom stereocenters. The molecule has 5 nitrogen and oxygen atoms in total. The number of aliphatic hydroxyl groups is 4. The first-order chi connectivity index (χ1) is 14.4. The Hall–Kier alpha value is -1.76. The van der Waals surface area contributed by atoms with Crippen molar-refractivity contribution in [3.8, 4) is 0 Å². The minimum Gasteiger partial charge on any atom is -0.394 e. The molecule has 2 aliphatic rings. The molecule has 30 heavy (non-hydrogen) atoms. The van der Waals surface area contributed by atoms with E-state index < -0.39 is 37.1 Å². The van der Waals surface area contributed by atoms with Gasteiger partial charge < -0.3 is 25.2 Å². The van der Waals surface area contributed by atoms with Gasteiger partial charge in [-0.15, -0.1) is 0 Å². The summed E-state index contributed by atoms with van der Waals surface area (Å²) in [6.45, 7) is 3.78. The number of fused-ring (bicyclic) bond motifs is 1. The SMILES string of the molecule is CCc1ccc(Cc2cc([C@@H]3O[C@H](CO)[C@H](O)[C@H](O)[C@@H]3O)c(C)c3c2CCC3)cc1. The van der Waals surface area contributed by atoms with Crippen molar-refractivity contribution >= 4 is 0 Å². The van der Waals surface area contributed by atoms with Crippen molar-refractivity contribution in [3.63, 3.8) is 0 Å². The van der Waals surface area contributed by atoms with Crippen molar-refractivity contribution in [2.75, 3.05) is 6.61 Å². The summed E-state index contributed by atoms with van der Waals surface area (Å²) in [5.74, 6) is 0. The Morgan fingerprint density at radius 1 is 0.933 bits per heavy atom. The fourth-order valence-electron chi connectivity index (χ4n) is 4.99. The Morgan fingerprint density at radius 2 is 1.60 bits per heavy atom. The van der Waals surface area contributed by atoms with Crippen LogP contribution in [0.25, 0.3) is 0 Å². The van der Waals surface area contributed by atoms with Crippen molar-refractivity contribution < 1.29 is 25.2 Å². The van der Waals surface area contributed by atoms with Crippen LogP contribution < -0.4 is 0 Å². The lowest BCUT2D eigenvalue weighted by molar-refractivity contribution is -0.231. The maximum atomic E-state index is 10.7. The van der Waals surface area contributed by atoms with Crippen molar-refractivity contribution in [3.05, 3.63) is 69.3 Å². The zero-order chi connectivity index (χ0) is 21.4. The maximum absolute atomic E-state index is 10.7. The van der Waals surface area contributed by atoms with Gasteiger partial charge in [-0.2, -0.15) is 0 Å². The standard InChI is InChI=1S/C25H32O5/c1-3-15-7-9-16(10-8-15)11-17-12-20(14(2)18-5-4-6-19(17)18)25-24(29)23(28)22(27)21(13-26)30-25/h7-10,12,21-29H,3-6,11,13H2,1-2H3/t21-,22+,23+,24+,25+/m1/s1. The average Bonchev–Trinajstić information content (AvgIpc) is 3.26. The Bertz CT molecular complexity index is 889. The number of rotatable bonds is 5. The first kappa shape index (κ1) is 21.5. The predicted molar refractivity (Wildman–Crippen MR) is 115 cm³/mol. The summed E-state index contributed by atoms with van der Waals surface area (Å²) >= 11 is 0. The second-order valence-corrected chi connectivity index (χ2v) is 8.66. The third-order valence-corrected chi connectivity index (χ3v) is 6.85. The van der Waals surface area contributed by atoms with Crippen LogP contribution in [0.3, 0.4) is 0 Å². The Kier molecular flexibility index (Phi) is 6.28. The molecule has 0 radical (unpaired) electrons. The number of hydrogen-bond acceptors (Lipinski definition) is 5. The van der Waals surface area contributed by atoms with Crippen LogP contribution in [0, 0.1) is 6.92 Å². The van der Waals surface area contributed by atoms with Gasteiger partial charge in [0.25, 0.3) is 0 Å². The zero-order valence-corrected chi connectivity index (χ0v) is 17.7. The van der Waals surface area contributed by atoms with Gasteiger partial charge in [-0.1, -0.05) is 37.3 Å². The molecule has 1 aliphatic heterocycles. The van der Waals surface area contributed by atoms with E-state index >= 15 is 0 Å². The molecule has 4 rings (SSSR count). The largest absolute Gasteiger partial charge is 0.394 e. The van der Waals surface area contributed by atoms with E-state index in [0.29, 0.717) is 0 Å². The molecular weight excluding hydrogens is 380 g/mol. The molecule has 0 unspecified atom stereocenters. The van der Waals surface area contributed by atoms with Crippen LogP contribution in [-0.4, -0.2) is 51.4 Å². The summed E-state index contributed by atoms with van der Waals surface area (Å²) in [6.07, 6.45) is -0.668. The minimum absolute atomic E-state index is 0.415. The van der Waals surface area contributed by atoms with E-state index in [4.69, 9.17) is 4.74 Å². The monoisotopic (exact) mass is 412 g/mol. The lowest BCUT2D eigenvalue weighted by Crippen LogP contribution is -2.55. The maximum Gasteiger partial charge on any atom is 0.113 e. The highest BCUT2D eigenvalue weighted by molar-refractivity contribution is 5.50. The van der Waals surface area contributed by atoms with Crippen molar-refractivity contribution in [1.29, 1.82) is 0 Å². The summed E-state index contributed by atoms with van der Waals surface area (Å²) in [4.78, 5) is 0. The summed E-state index contributed by atoms with van der Waals surface area (Å²) in [5, 5.41) is 40.7. The molecule has 0 bridgehead atoms. The number of ether oxygens (including phenoxy) is 1. The molecule has 0 saturated carbocycles. The van der Waals surface area contributed by atoms with Crippen LogP contribution in [0.15, 0.2) is 30.3 Å². The van der Waals surface area contributed by atoms with Gasteiger partial charge in [0.1, 0.15) is 30.5 Å². The third-order valence-electron chi connectivity index (χ3n) is 6.85. The Labute approximate surface area is 178 Å². The van der Waals surface area contributed by atoms with Crippen LogP contribution in [0.1, 0.15) is 58.4 Å². The molecular formula is C25H32O5. The first-order valence-corrected chi connectivity index (χ1v) is 11.0. The number of benzene rings is 2. The number of aryl methyl sites for hydroxylation is 1. The molecule has 5 heteroatoms. The van der Waals surface area contributed by atoms with E-state index in [9.17, 15) is 20.4 Å². The van der Waals surface area contributed by atoms with Crippen LogP contribution in [0.4, 0.5) is 0 Å². The summed E-state index contributed by atoms with van der Waals surface area (Å²) in [7, 11) is 0. The molecule has 0 spiro atoms. The highest BCUT2D eigenvalue weighted by atomic mass is 16.5. The number of hydrogen-bond donors (Lipinski definition) is 4.